The Hall–Kier alpha value is -1.43. The zero-order valence-electron chi connectivity index (χ0n) is 10.7. The predicted molar refractivity (Wildman–Crippen MR) is 69.7 cm³/mol. The van der Waals surface area contributed by atoms with Crippen LogP contribution in [0, 0.1) is 17.8 Å². The van der Waals surface area contributed by atoms with Gasteiger partial charge in [-0.15, -0.1) is 11.3 Å². The fraction of sp³-hybridized carbons (Fsp3) is 0.615. The third-order valence-corrected chi connectivity index (χ3v) is 4.94. The van der Waals surface area contributed by atoms with Crippen molar-refractivity contribution in [3.05, 3.63) is 16.6 Å². The Kier molecular flexibility index (Phi) is 3.26. The van der Waals surface area contributed by atoms with Crippen LogP contribution in [0.3, 0.4) is 0 Å². The van der Waals surface area contributed by atoms with Crippen molar-refractivity contribution in [3.8, 4) is 0 Å². The molecule has 0 aliphatic heterocycles. The molecule has 3 rings (SSSR count). The maximum atomic E-state index is 12.1. The lowest BCUT2D eigenvalue weighted by Gasteiger charge is -2.29. The number of carbonyl (C=O) groups is 2. The van der Waals surface area contributed by atoms with Crippen LogP contribution in [0.25, 0.3) is 0 Å². The van der Waals surface area contributed by atoms with Gasteiger partial charge in [-0.1, -0.05) is 0 Å². The van der Waals surface area contributed by atoms with E-state index in [9.17, 15) is 9.59 Å². The van der Waals surface area contributed by atoms with Gasteiger partial charge in [0.25, 0.3) is 5.91 Å². The lowest BCUT2D eigenvalue weighted by atomic mass is 9.84. The SMILES string of the molecule is COC(=O)[C@@H]1[C@H]2CC[C@@H](C2)[C@H]1NC(=O)c1cscn1. The first kappa shape index (κ1) is 12.6. The van der Waals surface area contributed by atoms with E-state index in [-0.39, 0.29) is 23.8 Å². The van der Waals surface area contributed by atoms with Crippen LogP contribution in [0.2, 0.25) is 0 Å². The standard InChI is InChI=1S/C13H16N2O3S/c1-18-13(17)10-7-2-3-8(4-7)11(10)15-12(16)9-5-19-6-14-9/h5-8,10-11H,2-4H2,1H3,(H,15,16)/t7-,8-,10+,11+/m0/s1. The van der Waals surface area contributed by atoms with E-state index in [0.717, 1.165) is 19.3 Å². The van der Waals surface area contributed by atoms with Crippen LogP contribution in [-0.4, -0.2) is 30.0 Å². The number of nitrogens with one attached hydrogen (secondary N) is 1. The van der Waals surface area contributed by atoms with Gasteiger partial charge < -0.3 is 10.1 Å². The van der Waals surface area contributed by atoms with Crippen LogP contribution < -0.4 is 5.32 Å². The van der Waals surface area contributed by atoms with Gasteiger partial charge in [0.2, 0.25) is 0 Å². The second-order valence-electron chi connectivity index (χ2n) is 5.26. The molecule has 1 aromatic rings. The highest BCUT2D eigenvalue weighted by molar-refractivity contribution is 7.07. The van der Waals surface area contributed by atoms with Gasteiger partial charge in [0.05, 0.1) is 18.5 Å². The number of hydrogen-bond acceptors (Lipinski definition) is 5. The fourth-order valence-electron chi connectivity index (χ4n) is 3.52. The number of carbonyl (C=O) groups excluding carboxylic acids is 2. The monoisotopic (exact) mass is 280 g/mol. The van der Waals surface area contributed by atoms with E-state index in [1.54, 1.807) is 10.9 Å². The number of ether oxygens (including phenoxy) is 1. The molecule has 5 nitrogen and oxygen atoms in total. The first-order valence-electron chi connectivity index (χ1n) is 6.47. The van der Waals surface area contributed by atoms with Gasteiger partial charge in [0.15, 0.2) is 0 Å². The molecule has 2 aliphatic carbocycles. The Labute approximate surface area is 115 Å². The van der Waals surface area contributed by atoms with Gasteiger partial charge in [-0.2, -0.15) is 0 Å². The molecular formula is C13H16N2O3S. The summed E-state index contributed by atoms with van der Waals surface area (Å²) in [7, 11) is 1.41. The first-order chi connectivity index (χ1) is 9.20. The first-order valence-corrected chi connectivity index (χ1v) is 7.42. The summed E-state index contributed by atoms with van der Waals surface area (Å²) in [5.41, 5.74) is 2.06. The summed E-state index contributed by atoms with van der Waals surface area (Å²) in [6.45, 7) is 0. The molecule has 1 N–H and O–H groups in total. The fourth-order valence-corrected chi connectivity index (χ4v) is 4.06. The molecule has 2 saturated carbocycles. The molecule has 1 aromatic heterocycles. The normalized spacial score (nSPS) is 32.3. The third kappa shape index (κ3) is 2.14. The number of rotatable bonds is 3. The Bertz CT molecular complexity index is 488. The van der Waals surface area contributed by atoms with E-state index in [4.69, 9.17) is 4.74 Å². The number of nitrogens with zero attached hydrogens (tertiary/aromatic N) is 1. The molecule has 102 valence electrons. The Balaban J connectivity index is 1.75. The molecule has 19 heavy (non-hydrogen) atoms. The minimum atomic E-state index is -0.198. The molecule has 4 atom stereocenters. The highest BCUT2D eigenvalue weighted by atomic mass is 32.1. The molecule has 2 bridgehead atoms. The largest absolute Gasteiger partial charge is 0.469 e. The zero-order valence-corrected chi connectivity index (χ0v) is 11.5. The Morgan fingerprint density at radius 3 is 2.89 bits per heavy atom. The molecule has 1 heterocycles. The highest BCUT2D eigenvalue weighted by Gasteiger charge is 2.52. The van der Waals surface area contributed by atoms with E-state index < -0.39 is 0 Å². The third-order valence-electron chi connectivity index (χ3n) is 4.35. The summed E-state index contributed by atoms with van der Waals surface area (Å²) < 4.78 is 4.89. The summed E-state index contributed by atoms with van der Waals surface area (Å²) in [6, 6.07) is -0.0969. The van der Waals surface area contributed by atoms with Gasteiger partial charge >= 0.3 is 5.97 Å². The zero-order chi connectivity index (χ0) is 13.4. The molecule has 0 aromatic carbocycles. The van der Waals surface area contributed by atoms with Gasteiger partial charge in [0.1, 0.15) is 5.69 Å². The van der Waals surface area contributed by atoms with Gasteiger partial charge in [-0.05, 0) is 31.1 Å². The van der Waals surface area contributed by atoms with Crippen molar-refractivity contribution in [1.82, 2.24) is 10.3 Å². The molecular weight excluding hydrogens is 264 g/mol. The smallest absolute Gasteiger partial charge is 0.311 e. The van der Waals surface area contributed by atoms with Crippen molar-refractivity contribution in [3.63, 3.8) is 0 Å². The van der Waals surface area contributed by atoms with Gasteiger partial charge in [-0.25, -0.2) is 4.98 Å². The van der Waals surface area contributed by atoms with Crippen LogP contribution >= 0.6 is 11.3 Å². The number of methoxy groups -OCH3 is 1. The number of esters is 1. The van der Waals surface area contributed by atoms with Crippen molar-refractivity contribution >= 4 is 23.2 Å². The summed E-state index contributed by atoms with van der Waals surface area (Å²) in [6.07, 6.45) is 3.16. The molecule has 0 spiro atoms. The molecule has 0 radical (unpaired) electrons. The quantitative estimate of drug-likeness (QED) is 0.851. The highest BCUT2D eigenvalue weighted by Crippen LogP contribution is 2.48. The lowest BCUT2D eigenvalue weighted by Crippen LogP contribution is -2.47. The number of thiazole rings is 1. The summed E-state index contributed by atoms with van der Waals surface area (Å²) in [5, 5.41) is 4.70. The van der Waals surface area contributed by atoms with Crippen LogP contribution in [0.1, 0.15) is 29.8 Å². The van der Waals surface area contributed by atoms with E-state index in [1.807, 2.05) is 0 Å². The van der Waals surface area contributed by atoms with E-state index in [1.165, 1.54) is 18.4 Å². The van der Waals surface area contributed by atoms with Crippen molar-refractivity contribution in [2.24, 2.45) is 17.8 Å². The number of aromatic nitrogens is 1. The molecule has 0 unspecified atom stereocenters. The van der Waals surface area contributed by atoms with Crippen molar-refractivity contribution in [2.45, 2.75) is 25.3 Å². The van der Waals surface area contributed by atoms with Crippen LogP contribution in [0.15, 0.2) is 10.9 Å². The number of fused-ring (bicyclic) bond motifs is 2. The van der Waals surface area contributed by atoms with E-state index in [0.29, 0.717) is 17.5 Å². The van der Waals surface area contributed by atoms with Crippen LogP contribution in [-0.2, 0) is 9.53 Å². The second kappa shape index (κ2) is 4.92. The lowest BCUT2D eigenvalue weighted by molar-refractivity contribution is -0.148. The Morgan fingerprint density at radius 1 is 1.42 bits per heavy atom. The van der Waals surface area contributed by atoms with E-state index >= 15 is 0 Å². The predicted octanol–water partition coefficient (Wildman–Crippen LogP) is 1.46. The molecule has 6 heteroatoms. The van der Waals surface area contributed by atoms with Crippen LogP contribution in [0.4, 0.5) is 0 Å². The molecule has 2 fully saturated rings. The van der Waals surface area contributed by atoms with Gasteiger partial charge in [-0.3, -0.25) is 9.59 Å². The van der Waals surface area contributed by atoms with E-state index in [2.05, 4.69) is 10.3 Å². The van der Waals surface area contributed by atoms with Gasteiger partial charge in [0, 0.05) is 11.4 Å². The molecule has 0 saturated heterocycles. The van der Waals surface area contributed by atoms with Crippen molar-refractivity contribution in [2.75, 3.05) is 7.11 Å². The van der Waals surface area contributed by atoms with Crippen LogP contribution in [0.5, 0.6) is 0 Å². The molecule has 1 amide bonds. The Morgan fingerprint density at radius 2 is 2.21 bits per heavy atom. The minimum absolute atomic E-state index is 0.0969. The number of amides is 1. The summed E-state index contributed by atoms with van der Waals surface area (Å²) >= 11 is 1.39. The average Bonchev–Trinajstić information content (AvgIpc) is 3.13. The minimum Gasteiger partial charge on any atom is -0.469 e. The van der Waals surface area contributed by atoms with Crippen molar-refractivity contribution in [1.29, 1.82) is 0 Å². The van der Waals surface area contributed by atoms with Crippen molar-refractivity contribution < 1.29 is 14.3 Å². The second-order valence-corrected chi connectivity index (χ2v) is 5.97. The average molecular weight is 280 g/mol. The summed E-state index contributed by atoms with van der Waals surface area (Å²) in [4.78, 5) is 28.0. The topological polar surface area (TPSA) is 68.3 Å². The molecule has 2 aliphatic rings. The maximum Gasteiger partial charge on any atom is 0.311 e. The maximum absolute atomic E-state index is 12.1. The summed E-state index contributed by atoms with van der Waals surface area (Å²) in [5.74, 6) is 0.185. The number of hydrogen-bond donors (Lipinski definition) is 1.